The van der Waals surface area contributed by atoms with E-state index in [0.717, 1.165) is 43.6 Å². The summed E-state index contributed by atoms with van der Waals surface area (Å²) in [6.45, 7) is 1.95. The number of methoxy groups -OCH3 is 1. The van der Waals surface area contributed by atoms with Gasteiger partial charge in [0.25, 0.3) is 0 Å². The molecule has 0 aromatic heterocycles. The van der Waals surface area contributed by atoms with Crippen LogP contribution in [0.1, 0.15) is 31.2 Å². The van der Waals surface area contributed by atoms with E-state index in [1.165, 1.54) is 17.5 Å². The number of piperidine rings is 1. The molecule has 2 aromatic carbocycles. The summed E-state index contributed by atoms with van der Waals surface area (Å²) in [4.78, 5) is 26.7. The number of anilines is 1. The van der Waals surface area contributed by atoms with Crippen molar-refractivity contribution in [2.75, 3.05) is 38.6 Å². The molecular weight excluding hydrogens is 473 g/mol. The van der Waals surface area contributed by atoms with Gasteiger partial charge in [-0.25, -0.2) is 12.8 Å². The van der Waals surface area contributed by atoms with Crippen molar-refractivity contribution in [3.05, 3.63) is 53.8 Å². The number of nitrogens with one attached hydrogen (secondary N) is 1. The summed E-state index contributed by atoms with van der Waals surface area (Å²) in [6.07, 6.45) is 3.16. The van der Waals surface area contributed by atoms with Crippen LogP contribution in [-0.4, -0.2) is 62.7 Å². The molecule has 2 aliphatic rings. The first-order chi connectivity index (χ1) is 16.8. The Morgan fingerprint density at radius 1 is 1.03 bits per heavy atom. The smallest absolute Gasteiger partial charge is 0.246 e. The van der Waals surface area contributed by atoms with Gasteiger partial charge < -0.3 is 15.0 Å². The third-order valence-corrected chi connectivity index (χ3v) is 8.52. The molecule has 35 heavy (non-hydrogen) atoms. The summed E-state index contributed by atoms with van der Waals surface area (Å²) in [5, 5.41) is 2.89. The average Bonchev–Trinajstić information content (AvgIpc) is 3.40. The molecule has 2 aliphatic heterocycles. The lowest BCUT2D eigenvalue weighted by atomic mass is 9.97. The number of sulfonamides is 1. The van der Waals surface area contributed by atoms with E-state index in [2.05, 4.69) is 5.32 Å². The zero-order valence-electron chi connectivity index (χ0n) is 19.7. The number of likely N-dealkylation sites (tertiary alicyclic amines) is 1. The molecule has 0 bridgehead atoms. The van der Waals surface area contributed by atoms with Crippen molar-refractivity contribution in [3.8, 4) is 5.75 Å². The van der Waals surface area contributed by atoms with Gasteiger partial charge in [-0.3, -0.25) is 9.59 Å². The van der Waals surface area contributed by atoms with Crippen LogP contribution in [0.15, 0.2) is 47.4 Å². The van der Waals surface area contributed by atoms with Crippen LogP contribution in [0.2, 0.25) is 0 Å². The zero-order chi connectivity index (χ0) is 25.0. The van der Waals surface area contributed by atoms with E-state index in [0.29, 0.717) is 24.9 Å². The van der Waals surface area contributed by atoms with E-state index in [1.54, 1.807) is 12.1 Å². The molecule has 0 saturated carbocycles. The van der Waals surface area contributed by atoms with E-state index in [9.17, 15) is 22.4 Å². The summed E-state index contributed by atoms with van der Waals surface area (Å²) >= 11 is 0. The Kier molecular flexibility index (Phi) is 7.71. The lowest BCUT2D eigenvalue weighted by Gasteiger charge is -2.30. The minimum Gasteiger partial charge on any atom is -0.495 e. The predicted octanol–water partition coefficient (Wildman–Crippen LogP) is 3.04. The Morgan fingerprint density at radius 2 is 1.69 bits per heavy atom. The van der Waals surface area contributed by atoms with Gasteiger partial charge in [-0.2, -0.15) is 4.31 Å². The van der Waals surface area contributed by atoms with E-state index < -0.39 is 15.8 Å². The Hall–Kier alpha value is -2.98. The largest absolute Gasteiger partial charge is 0.495 e. The summed E-state index contributed by atoms with van der Waals surface area (Å²) in [7, 11) is -2.62. The highest BCUT2D eigenvalue weighted by Crippen LogP contribution is 2.30. The van der Waals surface area contributed by atoms with Crippen molar-refractivity contribution in [1.82, 2.24) is 9.21 Å². The van der Waals surface area contributed by atoms with Gasteiger partial charge in [0.05, 0.1) is 13.5 Å². The number of hydrogen-bond donors (Lipinski definition) is 1. The highest BCUT2D eigenvalue weighted by molar-refractivity contribution is 7.89. The van der Waals surface area contributed by atoms with Gasteiger partial charge in [-0.05, 0) is 61.6 Å². The van der Waals surface area contributed by atoms with Crippen LogP contribution >= 0.6 is 0 Å². The number of amides is 2. The fourth-order valence-electron chi connectivity index (χ4n) is 4.55. The first-order valence-electron chi connectivity index (χ1n) is 11.8. The monoisotopic (exact) mass is 503 g/mol. The van der Waals surface area contributed by atoms with Crippen LogP contribution in [0.3, 0.4) is 0 Å². The van der Waals surface area contributed by atoms with Gasteiger partial charge in [0.15, 0.2) is 0 Å². The number of carbonyl (C=O) groups excluding carboxylic acids is 2. The predicted molar refractivity (Wildman–Crippen MR) is 129 cm³/mol. The van der Waals surface area contributed by atoms with Crippen LogP contribution < -0.4 is 10.1 Å². The van der Waals surface area contributed by atoms with Crippen molar-refractivity contribution in [1.29, 1.82) is 0 Å². The number of halogens is 1. The third-order valence-electron chi connectivity index (χ3n) is 6.60. The summed E-state index contributed by atoms with van der Waals surface area (Å²) in [5.41, 5.74) is 1.53. The first-order valence-corrected chi connectivity index (χ1v) is 13.2. The van der Waals surface area contributed by atoms with Crippen LogP contribution in [0.25, 0.3) is 0 Å². The van der Waals surface area contributed by atoms with Crippen LogP contribution in [-0.2, 0) is 26.0 Å². The fraction of sp³-hybridized carbons (Fsp3) is 0.440. The van der Waals surface area contributed by atoms with Crippen molar-refractivity contribution < 1.29 is 27.1 Å². The average molecular weight is 504 g/mol. The van der Waals surface area contributed by atoms with Crippen molar-refractivity contribution in [3.63, 3.8) is 0 Å². The Labute approximate surface area is 205 Å². The highest BCUT2D eigenvalue weighted by atomic mass is 32.2. The fourth-order valence-corrected chi connectivity index (χ4v) is 6.19. The molecule has 2 heterocycles. The minimum absolute atomic E-state index is 0.0804. The molecule has 0 atom stereocenters. The van der Waals surface area contributed by atoms with E-state index in [-0.39, 0.29) is 41.5 Å². The SMILES string of the molecule is COc1ccc(F)cc1S(=O)(=O)N1CCC(C(=O)Nc2ccc(CC(=O)N3CCCC3)cc2)CC1. The minimum atomic E-state index is -3.95. The molecule has 0 aliphatic carbocycles. The highest BCUT2D eigenvalue weighted by Gasteiger charge is 2.34. The van der Waals surface area contributed by atoms with Crippen LogP contribution in [0.4, 0.5) is 10.1 Å². The topological polar surface area (TPSA) is 96.0 Å². The van der Waals surface area contributed by atoms with Gasteiger partial charge >= 0.3 is 0 Å². The second-order valence-electron chi connectivity index (χ2n) is 8.92. The second kappa shape index (κ2) is 10.7. The summed E-state index contributed by atoms with van der Waals surface area (Å²) in [5.74, 6) is -0.975. The molecule has 10 heteroatoms. The standard InChI is InChI=1S/C25H30FN3O5S/c1-34-22-9-6-20(26)17-23(22)35(32,33)29-14-10-19(11-15-29)25(31)27-21-7-4-18(5-8-21)16-24(30)28-12-2-3-13-28/h4-9,17,19H,2-3,10-16H2,1H3,(H,27,31). The van der Waals surface area contributed by atoms with Crippen LogP contribution in [0, 0.1) is 11.7 Å². The van der Waals surface area contributed by atoms with Gasteiger partial charge in [-0.15, -0.1) is 0 Å². The lowest BCUT2D eigenvalue weighted by Crippen LogP contribution is -2.41. The molecule has 4 rings (SSSR count). The maximum absolute atomic E-state index is 13.7. The maximum atomic E-state index is 13.7. The molecule has 2 amide bonds. The van der Waals surface area contributed by atoms with Gasteiger partial charge in [0.1, 0.15) is 16.5 Å². The van der Waals surface area contributed by atoms with Crippen LogP contribution in [0.5, 0.6) is 5.75 Å². The number of hydrogen-bond acceptors (Lipinski definition) is 5. The Morgan fingerprint density at radius 3 is 2.31 bits per heavy atom. The number of nitrogens with zero attached hydrogens (tertiary/aromatic N) is 2. The number of rotatable bonds is 7. The van der Waals surface area contributed by atoms with Gasteiger partial charge in [0, 0.05) is 37.8 Å². The van der Waals surface area contributed by atoms with Gasteiger partial charge in [0.2, 0.25) is 21.8 Å². The normalized spacial score (nSPS) is 17.4. The molecule has 0 unspecified atom stereocenters. The summed E-state index contributed by atoms with van der Waals surface area (Å²) in [6, 6.07) is 10.6. The molecule has 1 N–H and O–H groups in total. The van der Waals surface area contributed by atoms with E-state index in [1.807, 2.05) is 17.0 Å². The molecule has 2 fully saturated rings. The lowest BCUT2D eigenvalue weighted by molar-refractivity contribution is -0.129. The number of carbonyl (C=O) groups is 2. The van der Waals surface area contributed by atoms with Crippen molar-refractivity contribution >= 4 is 27.5 Å². The van der Waals surface area contributed by atoms with Gasteiger partial charge in [-0.1, -0.05) is 12.1 Å². The molecule has 2 saturated heterocycles. The molecule has 2 aromatic rings. The molecule has 8 nitrogen and oxygen atoms in total. The first kappa shape index (κ1) is 25.1. The number of ether oxygens (including phenoxy) is 1. The van der Waals surface area contributed by atoms with E-state index in [4.69, 9.17) is 4.74 Å². The van der Waals surface area contributed by atoms with Crippen molar-refractivity contribution in [2.45, 2.75) is 37.0 Å². The number of benzene rings is 2. The molecule has 0 radical (unpaired) electrons. The zero-order valence-corrected chi connectivity index (χ0v) is 20.5. The second-order valence-corrected chi connectivity index (χ2v) is 10.8. The third kappa shape index (κ3) is 5.82. The molecule has 0 spiro atoms. The maximum Gasteiger partial charge on any atom is 0.246 e. The molecular formula is C25H30FN3O5S. The quantitative estimate of drug-likeness (QED) is 0.627. The van der Waals surface area contributed by atoms with Crippen molar-refractivity contribution in [2.24, 2.45) is 5.92 Å². The molecule has 188 valence electrons. The van der Waals surface area contributed by atoms with E-state index >= 15 is 0 Å². The summed E-state index contributed by atoms with van der Waals surface area (Å²) < 4.78 is 46.1. The Balaban J connectivity index is 1.31. The Bertz CT molecular complexity index is 1170.